The van der Waals surface area contributed by atoms with Crippen molar-refractivity contribution in [1.29, 1.82) is 0 Å². The lowest BCUT2D eigenvalue weighted by molar-refractivity contribution is 0.561. The van der Waals surface area contributed by atoms with Crippen molar-refractivity contribution in [3.8, 4) is 0 Å². The molecule has 0 spiro atoms. The molecule has 2 rings (SSSR count). The maximum absolute atomic E-state index is 5.34. The van der Waals surface area contributed by atoms with E-state index in [1.165, 1.54) is 5.56 Å². The molecule has 0 atom stereocenters. The monoisotopic (exact) mass is 177 g/mol. The van der Waals surface area contributed by atoms with E-state index >= 15 is 0 Å². The SMILES string of the molecule is CC.Cc1ccc2nc(C)oc2c1. The quantitative estimate of drug-likeness (QED) is 0.615. The fourth-order valence-corrected chi connectivity index (χ4v) is 1.15. The van der Waals surface area contributed by atoms with E-state index in [1.807, 2.05) is 45.9 Å². The van der Waals surface area contributed by atoms with Gasteiger partial charge in [0, 0.05) is 6.92 Å². The number of hydrogen-bond donors (Lipinski definition) is 0. The molecule has 0 radical (unpaired) electrons. The molecule has 1 aromatic carbocycles. The van der Waals surface area contributed by atoms with Crippen LogP contribution >= 0.6 is 0 Å². The Balaban J connectivity index is 0.000000396. The van der Waals surface area contributed by atoms with E-state index in [2.05, 4.69) is 4.98 Å². The second-order valence-corrected chi connectivity index (χ2v) is 2.70. The van der Waals surface area contributed by atoms with Crippen molar-refractivity contribution >= 4 is 11.1 Å². The molecule has 0 aliphatic rings. The number of rotatable bonds is 0. The highest BCUT2D eigenvalue weighted by Gasteiger charge is 1.99. The number of benzene rings is 1. The molecule has 0 amide bonds. The lowest BCUT2D eigenvalue weighted by atomic mass is 10.2. The molecule has 13 heavy (non-hydrogen) atoms. The Labute approximate surface area is 78.6 Å². The van der Waals surface area contributed by atoms with Crippen molar-refractivity contribution in [3.05, 3.63) is 29.7 Å². The van der Waals surface area contributed by atoms with Crippen LogP contribution in [0.5, 0.6) is 0 Å². The van der Waals surface area contributed by atoms with Crippen LogP contribution in [0, 0.1) is 13.8 Å². The number of oxazole rings is 1. The Morgan fingerprint density at radius 1 is 1.15 bits per heavy atom. The van der Waals surface area contributed by atoms with Gasteiger partial charge in [0.1, 0.15) is 5.52 Å². The van der Waals surface area contributed by atoms with E-state index in [0.717, 1.165) is 17.0 Å². The van der Waals surface area contributed by atoms with Gasteiger partial charge in [0.25, 0.3) is 0 Å². The topological polar surface area (TPSA) is 26.0 Å². The second-order valence-electron chi connectivity index (χ2n) is 2.70. The molecule has 1 heterocycles. The minimum absolute atomic E-state index is 0.727. The fourth-order valence-electron chi connectivity index (χ4n) is 1.15. The van der Waals surface area contributed by atoms with Gasteiger partial charge in [-0.15, -0.1) is 0 Å². The van der Waals surface area contributed by atoms with Crippen LogP contribution in [0.15, 0.2) is 22.6 Å². The highest BCUT2D eigenvalue weighted by Crippen LogP contribution is 2.15. The summed E-state index contributed by atoms with van der Waals surface area (Å²) in [4.78, 5) is 4.19. The molecule has 0 fully saturated rings. The van der Waals surface area contributed by atoms with Crippen LogP contribution in [-0.2, 0) is 0 Å². The molecular weight excluding hydrogens is 162 g/mol. The van der Waals surface area contributed by atoms with Crippen LogP contribution in [-0.4, -0.2) is 4.98 Å². The van der Waals surface area contributed by atoms with Gasteiger partial charge in [0.05, 0.1) is 0 Å². The highest BCUT2D eigenvalue weighted by atomic mass is 16.3. The number of aryl methyl sites for hydroxylation is 2. The summed E-state index contributed by atoms with van der Waals surface area (Å²) in [5, 5.41) is 0. The first-order chi connectivity index (χ1) is 6.25. The van der Waals surface area contributed by atoms with Crippen molar-refractivity contribution in [2.24, 2.45) is 0 Å². The van der Waals surface area contributed by atoms with Crippen molar-refractivity contribution in [2.75, 3.05) is 0 Å². The fraction of sp³-hybridized carbons (Fsp3) is 0.364. The summed E-state index contributed by atoms with van der Waals surface area (Å²) in [6.07, 6.45) is 0. The van der Waals surface area contributed by atoms with Gasteiger partial charge >= 0.3 is 0 Å². The van der Waals surface area contributed by atoms with Crippen LogP contribution < -0.4 is 0 Å². The molecule has 0 saturated heterocycles. The van der Waals surface area contributed by atoms with Gasteiger partial charge in [-0.1, -0.05) is 19.9 Å². The lowest BCUT2D eigenvalue weighted by Gasteiger charge is -1.87. The summed E-state index contributed by atoms with van der Waals surface area (Å²) in [6, 6.07) is 6.00. The highest BCUT2D eigenvalue weighted by molar-refractivity contribution is 5.73. The van der Waals surface area contributed by atoms with Crippen LogP contribution in [0.2, 0.25) is 0 Å². The van der Waals surface area contributed by atoms with E-state index < -0.39 is 0 Å². The third-order valence-electron chi connectivity index (χ3n) is 1.65. The van der Waals surface area contributed by atoms with Gasteiger partial charge in [-0.05, 0) is 24.6 Å². The second kappa shape index (κ2) is 4.08. The van der Waals surface area contributed by atoms with Crippen LogP contribution in [0.1, 0.15) is 25.3 Å². The van der Waals surface area contributed by atoms with Gasteiger partial charge in [0.2, 0.25) is 0 Å². The summed E-state index contributed by atoms with van der Waals surface area (Å²) in [5.41, 5.74) is 3.02. The van der Waals surface area contributed by atoms with Gasteiger partial charge in [0.15, 0.2) is 11.5 Å². The molecular formula is C11H15NO. The maximum atomic E-state index is 5.34. The zero-order chi connectivity index (χ0) is 9.84. The smallest absolute Gasteiger partial charge is 0.192 e. The molecule has 70 valence electrons. The largest absolute Gasteiger partial charge is 0.441 e. The minimum Gasteiger partial charge on any atom is -0.441 e. The summed E-state index contributed by atoms with van der Waals surface area (Å²) < 4.78 is 5.34. The third-order valence-corrected chi connectivity index (χ3v) is 1.65. The summed E-state index contributed by atoms with van der Waals surface area (Å²) in [5.74, 6) is 0.727. The maximum Gasteiger partial charge on any atom is 0.192 e. The lowest BCUT2D eigenvalue weighted by Crippen LogP contribution is -1.70. The molecule has 0 unspecified atom stereocenters. The van der Waals surface area contributed by atoms with Crippen LogP contribution in [0.3, 0.4) is 0 Å². The van der Waals surface area contributed by atoms with E-state index in [9.17, 15) is 0 Å². The summed E-state index contributed by atoms with van der Waals surface area (Å²) in [6.45, 7) is 7.90. The Morgan fingerprint density at radius 2 is 1.85 bits per heavy atom. The average molecular weight is 177 g/mol. The molecule has 2 aromatic rings. The molecule has 2 nitrogen and oxygen atoms in total. The third kappa shape index (κ3) is 2.08. The predicted octanol–water partition coefficient (Wildman–Crippen LogP) is 3.47. The van der Waals surface area contributed by atoms with Crippen molar-refractivity contribution < 1.29 is 4.42 Å². The van der Waals surface area contributed by atoms with E-state index in [0.29, 0.717) is 0 Å². The first-order valence-corrected chi connectivity index (χ1v) is 4.59. The first-order valence-electron chi connectivity index (χ1n) is 4.59. The Bertz CT molecular complexity index is 390. The molecule has 1 aromatic heterocycles. The molecule has 0 aliphatic heterocycles. The zero-order valence-electron chi connectivity index (χ0n) is 8.59. The van der Waals surface area contributed by atoms with Gasteiger partial charge in [-0.25, -0.2) is 4.98 Å². The predicted molar refractivity (Wildman–Crippen MR) is 54.8 cm³/mol. The van der Waals surface area contributed by atoms with Crippen molar-refractivity contribution in [1.82, 2.24) is 4.98 Å². The summed E-state index contributed by atoms with van der Waals surface area (Å²) >= 11 is 0. The van der Waals surface area contributed by atoms with Crippen LogP contribution in [0.4, 0.5) is 0 Å². The summed E-state index contributed by atoms with van der Waals surface area (Å²) in [7, 11) is 0. The number of aromatic nitrogens is 1. The van der Waals surface area contributed by atoms with Crippen molar-refractivity contribution in [2.45, 2.75) is 27.7 Å². The van der Waals surface area contributed by atoms with Crippen LogP contribution in [0.25, 0.3) is 11.1 Å². The Hall–Kier alpha value is -1.31. The zero-order valence-corrected chi connectivity index (χ0v) is 8.59. The van der Waals surface area contributed by atoms with Gasteiger partial charge in [-0.2, -0.15) is 0 Å². The van der Waals surface area contributed by atoms with Gasteiger partial charge in [-0.3, -0.25) is 0 Å². The molecule has 0 N–H and O–H groups in total. The van der Waals surface area contributed by atoms with Gasteiger partial charge < -0.3 is 4.42 Å². The molecule has 0 saturated carbocycles. The standard InChI is InChI=1S/C9H9NO.C2H6/c1-6-3-4-8-9(5-6)11-7(2)10-8;1-2/h3-5H,1-2H3;1-2H3. The average Bonchev–Trinajstić information content (AvgIpc) is 2.48. The Morgan fingerprint density at radius 3 is 2.54 bits per heavy atom. The van der Waals surface area contributed by atoms with E-state index in [4.69, 9.17) is 4.42 Å². The van der Waals surface area contributed by atoms with E-state index in [-0.39, 0.29) is 0 Å². The Kier molecular flexibility index (Phi) is 3.07. The first kappa shape index (κ1) is 9.78. The number of nitrogens with zero attached hydrogens (tertiary/aromatic N) is 1. The van der Waals surface area contributed by atoms with E-state index in [1.54, 1.807) is 0 Å². The normalized spacial score (nSPS) is 9.54. The number of fused-ring (bicyclic) bond motifs is 1. The minimum atomic E-state index is 0.727. The molecule has 0 bridgehead atoms. The molecule has 0 aliphatic carbocycles. The van der Waals surface area contributed by atoms with Crippen molar-refractivity contribution in [3.63, 3.8) is 0 Å². The molecule has 2 heteroatoms. The number of hydrogen-bond acceptors (Lipinski definition) is 2.